The monoisotopic (exact) mass is 518 g/mol. The molecular weight excluding hydrogens is 491 g/mol. The highest BCUT2D eigenvalue weighted by atomic mass is 127. The number of nitrogens with one attached hydrogen (secondary N) is 3. The van der Waals surface area contributed by atoms with Crippen molar-refractivity contribution < 1.29 is 4.79 Å². The van der Waals surface area contributed by atoms with Crippen molar-refractivity contribution in [3.05, 3.63) is 52.3 Å². The molecule has 0 fully saturated rings. The van der Waals surface area contributed by atoms with Gasteiger partial charge in [0.25, 0.3) is 5.91 Å². The number of benzene rings is 1. The van der Waals surface area contributed by atoms with Crippen LogP contribution in [0.1, 0.15) is 28.2 Å². The van der Waals surface area contributed by atoms with Crippen molar-refractivity contribution in [3.8, 4) is 0 Å². The molecule has 0 saturated carbocycles. The lowest BCUT2D eigenvalue weighted by atomic mass is 10.2. The molecule has 0 radical (unpaired) electrons. The lowest BCUT2D eigenvalue weighted by Gasteiger charge is -2.13. The Balaban J connectivity index is 0.00000392. The number of carbonyl (C=O) groups excluding carboxylic acids is 1. The molecule has 3 N–H and O–H groups in total. The minimum Gasteiger partial charge on any atom is -0.356 e. The minimum absolute atomic E-state index is 0. The molecular formula is C19H28ClIN6O. The molecule has 0 spiro atoms. The summed E-state index contributed by atoms with van der Waals surface area (Å²) in [5.41, 5.74) is 2.69. The van der Waals surface area contributed by atoms with Crippen LogP contribution < -0.4 is 16.0 Å². The molecule has 0 aliphatic carbocycles. The highest BCUT2D eigenvalue weighted by Crippen LogP contribution is 2.14. The van der Waals surface area contributed by atoms with Gasteiger partial charge in [-0.1, -0.05) is 23.7 Å². The van der Waals surface area contributed by atoms with E-state index >= 15 is 0 Å². The Kier molecular flexibility index (Phi) is 10.9. The van der Waals surface area contributed by atoms with Crippen LogP contribution in [0.5, 0.6) is 0 Å². The number of halogens is 2. The number of aromatic nitrogens is 2. The van der Waals surface area contributed by atoms with Crippen molar-refractivity contribution in [2.45, 2.75) is 26.8 Å². The Morgan fingerprint density at radius 3 is 2.46 bits per heavy atom. The summed E-state index contributed by atoms with van der Waals surface area (Å²) in [6.07, 6.45) is 0.936. The molecule has 1 heterocycles. The second-order valence-corrected chi connectivity index (χ2v) is 6.57. The van der Waals surface area contributed by atoms with Crippen molar-refractivity contribution in [3.63, 3.8) is 0 Å². The number of aliphatic imine (C=N–C) groups is 1. The number of nitrogens with zero attached hydrogens (tertiary/aromatic N) is 3. The van der Waals surface area contributed by atoms with Crippen LogP contribution in [0.15, 0.2) is 35.3 Å². The number of hydrogen-bond acceptors (Lipinski definition) is 3. The number of guanidine groups is 1. The van der Waals surface area contributed by atoms with E-state index in [0.29, 0.717) is 29.6 Å². The molecule has 7 nitrogen and oxygen atoms in total. The number of carbonyl (C=O) groups is 1. The lowest BCUT2D eigenvalue weighted by molar-refractivity contribution is 0.0954. The largest absolute Gasteiger partial charge is 0.356 e. The van der Waals surface area contributed by atoms with Crippen LogP contribution in [-0.2, 0) is 6.54 Å². The van der Waals surface area contributed by atoms with E-state index in [1.165, 1.54) is 5.69 Å². The number of aryl methyl sites for hydroxylation is 3. The van der Waals surface area contributed by atoms with Gasteiger partial charge in [-0.05, 0) is 38.5 Å². The van der Waals surface area contributed by atoms with Gasteiger partial charge in [-0.2, -0.15) is 5.10 Å². The fourth-order valence-electron chi connectivity index (χ4n) is 2.66. The van der Waals surface area contributed by atoms with E-state index in [2.05, 4.69) is 39.0 Å². The summed E-state index contributed by atoms with van der Waals surface area (Å²) in [7, 11) is 1.72. The van der Waals surface area contributed by atoms with Crippen molar-refractivity contribution >= 4 is 47.4 Å². The molecule has 1 aromatic carbocycles. The summed E-state index contributed by atoms with van der Waals surface area (Å²) >= 11 is 6.02. The van der Waals surface area contributed by atoms with Crippen LogP contribution >= 0.6 is 35.6 Å². The molecule has 0 atom stereocenters. The molecule has 1 aromatic heterocycles. The van der Waals surface area contributed by atoms with E-state index in [-0.39, 0.29) is 29.9 Å². The van der Waals surface area contributed by atoms with E-state index in [9.17, 15) is 4.79 Å². The molecule has 0 saturated heterocycles. The highest BCUT2D eigenvalue weighted by molar-refractivity contribution is 14.0. The summed E-state index contributed by atoms with van der Waals surface area (Å²) in [5.74, 6) is 0.519. The maximum atomic E-state index is 12.1. The number of hydrogen-bond donors (Lipinski definition) is 3. The van der Waals surface area contributed by atoms with Gasteiger partial charge in [-0.3, -0.25) is 14.5 Å². The average molecular weight is 519 g/mol. The molecule has 0 aliphatic heterocycles. The first-order chi connectivity index (χ1) is 13.0. The highest BCUT2D eigenvalue weighted by Gasteiger charge is 2.08. The lowest BCUT2D eigenvalue weighted by Crippen LogP contribution is -2.42. The van der Waals surface area contributed by atoms with E-state index in [4.69, 9.17) is 11.6 Å². The molecule has 2 rings (SSSR count). The van der Waals surface area contributed by atoms with Gasteiger partial charge in [0.05, 0.1) is 16.3 Å². The fourth-order valence-corrected chi connectivity index (χ4v) is 2.88. The van der Waals surface area contributed by atoms with Crippen molar-refractivity contribution in [2.75, 3.05) is 26.7 Å². The van der Waals surface area contributed by atoms with Crippen LogP contribution in [0.2, 0.25) is 5.02 Å². The topological polar surface area (TPSA) is 83.3 Å². The summed E-state index contributed by atoms with van der Waals surface area (Å²) < 4.78 is 2.01. The van der Waals surface area contributed by atoms with Crippen LogP contribution in [0.4, 0.5) is 0 Å². The summed E-state index contributed by atoms with van der Waals surface area (Å²) in [6, 6.07) is 9.06. The Morgan fingerprint density at radius 1 is 1.14 bits per heavy atom. The van der Waals surface area contributed by atoms with E-state index in [1.54, 1.807) is 31.3 Å². The molecule has 0 unspecified atom stereocenters. The van der Waals surface area contributed by atoms with Gasteiger partial charge >= 0.3 is 0 Å². The number of amides is 1. The van der Waals surface area contributed by atoms with Crippen LogP contribution in [-0.4, -0.2) is 48.3 Å². The molecule has 2 aromatic rings. The van der Waals surface area contributed by atoms with Crippen molar-refractivity contribution in [1.29, 1.82) is 0 Å². The quantitative estimate of drug-likeness (QED) is 0.217. The molecule has 0 bridgehead atoms. The third-order valence-corrected chi connectivity index (χ3v) is 4.32. The average Bonchev–Trinajstić information content (AvgIpc) is 2.97. The minimum atomic E-state index is -0.185. The third-order valence-electron chi connectivity index (χ3n) is 3.99. The normalized spacial score (nSPS) is 10.9. The first-order valence-corrected chi connectivity index (χ1v) is 9.37. The molecule has 28 heavy (non-hydrogen) atoms. The first kappa shape index (κ1) is 24.2. The van der Waals surface area contributed by atoms with Gasteiger partial charge in [-0.25, -0.2) is 0 Å². The van der Waals surface area contributed by atoms with Gasteiger partial charge in [0, 0.05) is 38.9 Å². The van der Waals surface area contributed by atoms with E-state index in [1.807, 2.05) is 11.6 Å². The first-order valence-electron chi connectivity index (χ1n) is 8.99. The van der Waals surface area contributed by atoms with Crippen LogP contribution in [0.25, 0.3) is 0 Å². The van der Waals surface area contributed by atoms with E-state index in [0.717, 1.165) is 25.2 Å². The third kappa shape index (κ3) is 7.67. The van der Waals surface area contributed by atoms with Crippen molar-refractivity contribution in [1.82, 2.24) is 25.7 Å². The summed E-state index contributed by atoms with van der Waals surface area (Å²) in [5, 5.41) is 14.2. The predicted molar refractivity (Wildman–Crippen MR) is 125 cm³/mol. The van der Waals surface area contributed by atoms with Gasteiger partial charge in [0.2, 0.25) is 0 Å². The second-order valence-electron chi connectivity index (χ2n) is 6.17. The predicted octanol–water partition coefficient (Wildman–Crippen LogP) is 2.76. The van der Waals surface area contributed by atoms with Gasteiger partial charge in [0.15, 0.2) is 5.96 Å². The fraction of sp³-hybridized carbons (Fsp3) is 0.421. The summed E-state index contributed by atoms with van der Waals surface area (Å²) in [6.45, 7) is 6.73. The molecule has 9 heteroatoms. The zero-order valence-corrected chi connectivity index (χ0v) is 19.5. The summed E-state index contributed by atoms with van der Waals surface area (Å²) in [4.78, 5) is 16.3. The van der Waals surface area contributed by atoms with Gasteiger partial charge < -0.3 is 16.0 Å². The Hall–Kier alpha value is -1.81. The maximum absolute atomic E-state index is 12.1. The molecule has 1 amide bonds. The molecule has 0 aliphatic rings. The number of rotatable bonds is 8. The molecule has 154 valence electrons. The van der Waals surface area contributed by atoms with Gasteiger partial charge in [-0.15, -0.1) is 24.0 Å². The SMILES string of the molecule is CN=C(NCCCn1nc(C)cc1C)NCCNC(=O)c1ccccc1Cl.I. The second kappa shape index (κ2) is 12.6. The zero-order valence-electron chi connectivity index (χ0n) is 16.5. The van der Waals surface area contributed by atoms with Gasteiger partial charge in [0.1, 0.15) is 0 Å². The Morgan fingerprint density at radius 2 is 1.82 bits per heavy atom. The van der Waals surface area contributed by atoms with Crippen LogP contribution in [0.3, 0.4) is 0 Å². The van der Waals surface area contributed by atoms with E-state index < -0.39 is 0 Å². The zero-order chi connectivity index (χ0) is 19.6. The smallest absolute Gasteiger partial charge is 0.252 e. The Bertz CT molecular complexity index is 792. The maximum Gasteiger partial charge on any atom is 0.252 e. The van der Waals surface area contributed by atoms with Crippen LogP contribution in [0, 0.1) is 13.8 Å². The Labute approximate surface area is 188 Å². The van der Waals surface area contributed by atoms with Crippen molar-refractivity contribution in [2.24, 2.45) is 4.99 Å². The standard InChI is InChI=1S/C19H27ClN6O.HI/c1-14-13-15(2)26(25-14)12-6-9-23-19(21-3)24-11-10-22-18(27)16-7-4-5-8-17(16)20;/h4-5,7-8,13H,6,9-12H2,1-3H3,(H,22,27)(H2,21,23,24);1H.